The van der Waals surface area contributed by atoms with Gasteiger partial charge < -0.3 is 10.6 Å². The normalized spacial score (nSPS) is 10.3. The Morgan fingerprint density at radius 3 is 2.39 bits per heavy atom. The number of hydrogen-bond donors (Lipinski definition) is 2. The molecule has 0 aliphatic heterocycles. The number of carbonyl (C=O) groups is 2. The van der Waals surface area contributed by atoms with E-state index in [1.54, 1.807) is 48.5 Å². The first-order chi connectivity index (χ1) is 13.5. The number of benzene rings is 2. The molecule has 0 aliphatic rings. The van der Waals surface area contributed by atoms with Crippen LogP contribution in [0.3, 0.4) is 0 Å². The number of para-hydroxylation sites is 1. The van der Waals surface area contributed by atoms with Gasteiger partial charge in [0.15, 0.2) is 0 Å². The summed E-state index contributed by atoms with van der Waals surface area (Å²) in [6.45, 7) is -0.00217. The zero-order chi connectivity index (χ0) is 19.9. The molecule has 28 heavy (non-hydrogen) atoms. The Morgan fingerprint density at radius 1 is 0.964 bits per heavy atom. The summed E-state index contributed by atoms with van der Waals surface area (Å²) in [5.74, 6) is -0.869. The van der Waals surface area contributed by atoms with Crippen LogP contribution in [-0.4, -0.2) is 21.6 Å². The van der Waals surface area contributed by atoms with Crippen LogP contribution in [0, 0.1) is 0 Å². The molecule has 7 nitrogen and oxygen atoms in total. The Hall–Kier alpha value is -3.45. The third-order valence-corrected chi connectivity index (χ3v) is 4.08. The molecule has 0 aliphatic carbocycles. The van der Waals surface area contributed by atoms with Crippen molar-refractivity contribution >= 4 is 29.1 Å². The quantitative estimate of drug-likeness (QED) is 0.669. The van der Waals surface area contributed by atoms with Crippen molar-refractivity contribution in [3.63, 3.8) is 0 Å². The van der Waals surface area contributed by atoms with Gasteiger partial charge in [0, 0.05) is 23.3 Å². The van der Waals surface area contributed by atoms with Gasteiger partial charge in [-0.25, -0.2) is 4.68 Å². The monoisotopic (exact) mass is 396 g/mol. The molecule has 0 spiro atoms. The fourth-order valence-corrected chi connectivity index (χ4v) is 2.52. The summed E-state index contributed by atoms with van der Waals surface area (Å²) in [5, 5.41) is 9.98. The number of carbonyl (C=O) groups excluding carboxylic acids is 2. The summed E-state index contributed by atoms with van der Waals surface area (Å²) in [7, 11) is 0. The number of anilines is 1. The molecule has 2 aromatic carbocycles. The van der Waals surface area contributed by atoms with Gasteiger partial charge >= 0.3 is 0 Å². The van der Waals surface area contributed by atoms with E-state index in [2.05, 4.69) is 15.7 Å². The number of nitrogens with one attached hydrogen (secondary N) is 2. The molecule has 0 radical (unpaired) electrons. The molecule has 3 rings (SSSR count). The standard InChI is InChI=1S/C20H17ClN4O3/c21-15-8-6-14(7-9-15)12-22-18(26)13-25-19(27)11-10-17(24-25)20(28)23-16-4-2-1-3-5-16/h1-11H,12-13H2,(H,22,26)(H,23,28). The van der Waals surface area contributed by atoms with Crippen LogP contribution in [0.1, 0.15) is 16.1 Å². The SMILES string of the molecule is O=C(Cn1nc(C(=O)Nc2ccccc2)ccc1=O)NCc1ccc(Cl)cc1. The molecule has 0 fully saturated rings. The van der Waals surface area contributed by atoms with Crippen LogP contribution in [0.5, 0.6) is 0 Å². The summed E-state index contributed by atoms with van der Waals surface area (Å²) in [6.07, 6.45) is 0. The maximum atomic E-state index is 12.3. The van der Waals surface area contributed by atoms with Crippen molar-refractivity contribution in [2.24, 2.45) is 0 Å². The Balaban J connectivity index is 1.64. The molecule has 3 aromatic rings. The van der Waals surface area contributed by atoms with Crippen molar-refractivity contribution in [2.75, 3.05) is 5.32 Å². The Labute approximate surface area is 166 Å². The molecule has 0 saturated carbocycles. The van der Waals surface area contributed by atoms with Crippen molar-refractivity contribution in [3.8, 4) is 0 Å². The van der Waals surface area contributed by atoms with Gasteiger partial charge in [-0.2, -0.15) is 5.10 Å². The van der Waals surface area contributed by atoms with E-state index in [9.17, 15) is 14.4 Å². The molecule has 0 saturated heterocycles. The molecule has 1 heterocycles. The number of amides is 2. The van der Waals surface area contributed by atoms with Crippen LogP contribution < -0.4 is 16.2 Å². The highest BCUT2D eigenvalue weighted by atomic mass is 35.5. The van der Waals surface area contributed by atoms with E-state index in [1.807, 2.05) is 6.07 Å². The van der Waals surface area contributed by atoms with Crippen molar-refractivity contribution in [1.29, 1.82) is 0 Å². The second-order valence-corrected chi connectivity index (χ2v) is 6.37. The van der Waals surface area contributed by atoms with Gasteiger partial charge in [-0.05, 0) is 35.9 Å². The van der Waals surface area contributed by atoms with Gasteiger partial charge in [-0.3, -0.25) is 14.4 Å². The van der Waals surface area contributed by atoms with Crippen LogP contribution in [0.2, 0.25) is 5.02 Å². The van der Waals surface area contributed by atoms with Crippen LogP contribution in [0.15, 0.2) is 71.5 Å². The number of nitrogens with zero attached hydrogens (tertiary/aromatic N) is 2. The zero-order valence-electron chi connectivity index (χ0n) is 14.8. The highest BCUT2D eigenvalue weighted by Crippen LogP contribution is 2.09. The number of aromatic nitrogens is 2. The average molecular weight is 397 g/mol. The van der Waals surface area contributed by atoms with Crippen molar-refractivity contribution < 1.29 is 9.59 Å². The third-order valence-electron chi connectivity index (χ3n) is 3.83. The zero-order valence-corrected chi connectivity index (χ0v) is 15.5. The molecular formula is C20H17ClN4O3. The van der Waals surface area contributed by atoms with Crippen molar-refractivity contribution in [2.45, 2.75) is 13.1 Å². The van der Waals surface area contributed by atoms with Gasteiger partial charge in [0.05, 0.1) is 0 Å². The van der Waals surface area contributed by atoms with Crippen LogP contribution in [0.25, 0.3) is 0 Å². The van der Waals surface area contributed by atoms with E-state index in [1.165, 1.54) is 12.1 Å². The second-order valence-electron chi connectivity index (χ2n) is 5.94. The Bertz CT molecular complexity index is 1030. The number of hydrogen-bond acceptors (Lipinski definition) is 4. The maximum Gasteiger partial charge on any atom is 0.276 e. The van der Waals surface area contributed by atoms with Crippen LogP contribution in [-0.2, 0) is 17.9 Å². The predicted molar refractivity (Wildman–Crippen MR) is 106 cm³/mol. The lowest BCUT2D eigenvalue weighted by atomic mass is 10.2. The lowest BCUT2D eigenvalue weighted by molar-refractivity contribution is -0.122. The van der Waals surface area contributed by atoms with Crippen molar-refractivity contribution in [1.82, 2.24) is 15.1 Å². The van der Waals surface area contributed by atoms with E-state index in [0.717, 1.165) is 10.2 Å². The van der Waals surface area contributed by atoms with Gasteiger partial charge in [-0.15, -0.1) is 0 Å². The Kier molecular flexibility index (Phi) is 6.18. The summed E-state index contributed by atoms with van der Waals surface area (Å²) >= 11 is 5.82. The van der Waals surface area contributed by atoms with E-state index in [0.29, 0.717) is 17.3 Å². The minimum Gasteiger partial charge on any atom is -0.350 e. The topological polar surface area (TPSA) is 93.1 Å². The van der Waals surface area contributed by atoms with E-state index >= 15 is 0 Å². The highest BCUT2D eigenvalue weighted by molar-refractivity contribution is 6.30. The molecule has 2 amide bonds. The second kappa shape index (κ2) is 8.96. The van der Waals surface area contributed by atoms with Gasteiger partial charge in [-0.1, -0.05) is 41.9 Å². The molecule has 2 N–H and O–H groups in total. The van der Waals surface area contributed by atoms with E-state index in [-0.39, 0.29) is 12.2 Å². The first-order valence-corrected chi connectivity index (χ1v) is 8.85. The molecule has 8 heteroatoms. The molecule has 0 unspecified atom stereocenters. The fourth-order valence-electron chi connectivity index (χ4n) is 2.39. The first kappa shape index (κ1) is 19.3. The lowest BCUT2D eigenvalue weighted by Gasteiger charge is -2.09. The minimum atomic E-state index is -0.474. The number of rotatable bonds is 6. The molecule has 0 bridgehead atoms. The summed E-state index contributed by atoms with van der Waals surface area (Å²) in [5.41, 5.74) is 1.04. The molecule has 0 atom stereocenters. The third kappa shape index (κ3) is 5.28. The minimum absolute atomic E-state index is 0.0361. The smallest absolute Gasteiger partial charge is 0.276 e. The Morgan fingerprint density at radius 2 is 1.68 bits per heavy atom. The van der Waals surface area contributed by atoms with Gasteiger partial charge in [0.2, 0.25) is 5.91 Å². The van der Waals surface area contributed by atoms with Crippen LogP contribution >= 0.6 is 11.6 Å². The summed E-state index contributed by atoms with van der Waals surface area (Å²) < 4.78 is 0.955. The van der Waals surface area contributed by atoms with Gasteiger partial charge in [0.1, 0.15) is 12.2 Å². The van der Waals surface area contributed by atoms with Crippen LogP contribution in [0.4, 0.5) is 5.69 Å². The van der Waals surface area contributed by atoms with E-state index < -0.39 is 17.4 Å². The average Bonchev–Trinajstić information content (AvgIpc) is 2.70. The molecule has 1 aromatic heterocycles. The molecule has 142 valence electrons. The lowest BCUT2D eigenvalue weighted by Crippen LogP contribution is -2.34. The first-order valence-electron chi connectivity index (χ1n) is 8.47. The summed E-state index contributed by atoms with van der Waals surface area (Å²) in [6, 6.07) is 18.4. The largest absolute Gasteiger partial charge is 0.350 e. The maximum absolute atomic E-state index is 12.3. The fraction of sp³-hybridized carbons (Fsp3) is 0.100. The molecular weight excluding hydrogens is 380 g/mol. The number of halogens is 1. The van der Waals surface area contributed by atoms with Gasteiger partial charge in [0.25, 0.3) is 11.5 Å². The summed E-state index contributed by atoms with van der Waals surface area (Å²) in [4.78, 5) is 36.4. The van der Waals surface area contributed by atoms with E-state index in [4.69, 9.17) is 11.6 Å². The predicted octanol–water partition coefficient (Wildman–Crippen LogP) is 2.47. The highest BCUT2D eigenvalue weighted by Gasteiger charge is 2.12. The van der Waals surface area contributed by atoms with Crippen molar-refractivity contribution in [3.05, 3.63) is 93.4 Å².